The summed E-state index contributed by atoms with van der Waals surface area (Å²) >= 11 is 1.74. The fourth-order valence-electron chi connectivity index (χ4n) is 2.31. The van der Waals surface area contributed by atoms with Crippen molar-refractivity contribution in [3.05, 3.63) is 60.2 Å². The van der Waals surface area contributed by atoms with E-state index in [1.54, 1.807) is 42.1 Å². The molecule has 0 unspecified atom stereocenters. The molecule has 0 aliphatic rings. The van der Waals surface area contributed by atoms with Crippen LogP contribution in [0, 0.1) is 6.92 Å². The van der Waals surface area contributed by atoms with E-state index in [0.717, 1.165) is 22.7 Å². The first kappa shape index (κ1) is 20.3. The van der Waals surface area contributed by atoms with Crippen LogP contribution in [-0.4, -0.2) is 39.4 Å². The Balaban J connectivity index is 1.77. The van der Waals surface area contributed by atoms with Crippen LogP contribution >= 0.6 is 11.8 Å². The van der Waals surface area contributed by atoms with Gasteiger partial charge in [0.1, 0.15) is 6.54 Å². The highest BCUT2D eigenvalue weighted by Gasteiger charge is 2.20. The van der Waals surface area contributed by atoms with E-state index in [-0.39, 0.29) is 12.5 Å². The highest BCUT2D eigenvalue weighted by molar-refractivity contribution is 7.99. The first-order chi connectivity index (χ1) is 12.4. The topological polar surface area (TPSA) is 66.5 Å². The van der Waals surface area contributed by atoms with Crippen molar-refractivity contribution in [2.75, 3.05) is 29.4 Å². The number of nitrogens with one attached hydrogen (secondary N) is 1. The van der Waals surface area contributed by atoms with Gasteiger partial charge < -0.3 is 5.32 Å². The van der Waals surface area contributed by atoms with Crippen LogP contribution in [0.25, 0.3) is 0 Å². The number of hydrogen-bond acceptors (Lipinski definition) is 4. The maximum Gasteiger partial charge on any atom is 0.240 e. The van der Waals surface area contributed by atoms with Crippen LogP contribution in [0.3, 0.4) is 0 Å². The second-order valence-electron chi connectivity index (χ2n) is 5.97. The van der Waals surface area contributed by atoms with E-state index in [0.29, 0.717) is 12.2 Å². The lowest BCUT2D eigenvalue weighted by molar-refractivity contribution is -0.119. The van der Waals surface area contributed by atoms with Gasteiger partial charge in [-0.25, -0.2) is 8.42 Å². The minimum absolute atomic E-state index is 0.214. The van der Waals surface area contributed by atoms with Gasteiger partial charge in [-0.05, 0) is 43.4 Å². The van der Waals surface area contributed by atoms with Crippen molar-refractivity contribution >= 4 is 33.4 Å². The van der Waals surface area contributed by atoms with Crippen molar-refractivity contribution in [3.63, 3.8) is 0 Å². The van der Waals surface area contributed by atoms with Gasteiger partial charge in [-0.1, -0.05) is 35.9 Å². The molecule has 0 atom stereocenters. The van der Waals surface area contributed by atoms with Crippen LogP contribution in [0.15, 0.2) is 59.5 Å². The fourth-order valence-corrected chi connectivity index (χ4v) is 4.01. The van der Waals surface area contributed by atoms with Gasteiger partial charge in [-0.15, -0.1) is 11.8 Å². The number of carbonyl (C=O) groups is 1. The minimum Gasteiger partial charge on any atom is -0.354 e. The van der Waals surface area contributed by atoms with Crippen molar-refractivity contribution in [2.24, 2.45) is 0 Å². The second-order valence-corrected chi connectivity index (χ2v) is 9.05. The monoisotopic (exact) mass is 392 g/mol. The van der Waals surface area contributed by atoms with Crippen molar-refractivity contribution in [2.45, 2.75) is 18.2 Å². The number of hydrogen-bond donors (Lipinski definition) is 1. The summed E-state index contributed by atoms with van der Waals surface area (Å²) in [6, 6.07) is 17.0. The molecular weight excluding hydrogens is 368 g/mol. The third-order valence-corrected chi connectivity index (χ3v) is 5.90. The van der Waals surface area contributed by atoms with E-state index >= 15 is 0 Å². The predicted molar refractivity (Wildman–Crippen MR) is 108 cm³/mol. The number of carbonyl (C=O) groups excluding carboxylic acids is 1. The third-order valence-electron chi connectivity index (χ3n) is 3.66. The molecule has 2 aromatic rings. The zero-order valence-corrected chi connectivity index (χ0v) is 16.6. The number of aryl methyl sites for hydroxylation is 1. The van der Waals surface area contributed by atoms with Gasteiger partial charge in [-0.3, -0.25) is 9.10 Å². The molecule has 26 heavy (non-hydrogen) atoms. The second kappa shape index (κ2) is 9.64. The van der Waals surface area contributed by atoms with Gasteiger partial charge in [0, 0.05) is 11.4 Å². The molecule has 0 bridgehead atoms. The first-order valence-corrected chi connectivity index (χ1v) is 11.2. The first-order valence-electron chi connectivity index (χ1n) is 8.35. The van der Waals surface area contributed by atoms with E-state index in [2.05, 4.69) is 36.5 Å². The van der Waals surface area contributed by atoms with Crippen molar-refractivity contribution in [1.29, 1.82) is 0 Å². The van der Waals surface area contributed by atoms with Gasteiger partial charge in [0.25, 0.3) is 0 Å². The summed E-state index contributed by atoms with van der Waals surface area (Å²) in [4.78, 5) is 13.3. The van der Waals surface area contributed by atoms with E-state index in [4.69, 9.17) is 0 Å². The highest BCUT2D eigenvalue weighted by atomic mass is 32.2. The Bertz CT molecular complexity index is 806. The molecule has 0 fully saturated rings. The normalized spacial score (nSPS) is 11.2. The molecule has 1 N–H and O–H groups in total. The van der Waals surface area contributed by atoms with Crippen LogP contribution in [0.1, 0.15) is 12.0 Å². The summed E-state index contributed by atoms with van der Waals surface area (Å²) in [5.41, 5.74) is 1.72. The molecule has 0 aliphatic carbocycles. The van der Waals surface area contributed by atoms with Gasteiger partial charge in [-0.2, -0.15) is 0 Å². The highest BCUT2D eigenvalue weighted by Crippen LogP contribution is 2.19. The quantitative estimate of drug-likeness (QED) is 0.526. The minimum atomic E-state index is -3.52. The summed E-state index contributed by atoms with van der Waals surface area (Å²) in [5.74, 6) is 0.581. The summed E-state index contributed by atoms with van der Waals surface area (Å²) in [6.45, 7) is 2.36. The molecule has 0 radical (unpaired) electrons. The average molecular weight is 393 g/mol. The Labute approximate surface area is 159 Å². The molecular formula is C19H24N2O3S2. The Morgan fingerprint density at radius 1 is 1.08 bits per heavy atom. The van der Waals surface area contributed by atoms with Crippen LogP contribution in [0.4, 0.5) is 5.69 Å². The molecule has 1 amide bonds. The van der Waals surface area contributed by atoms with E-state index < -0.39 is 10.0 Å². The molecule has 0 saturated heterocycles. The smallest absolute Gasteiger partial charge is 0.240 e. The predicted octanol–water partition coefficient (Wildman–Crippen LogP) is 3.06. The molecule has 2 aromatic carbocycles. The summed E-state index contributed by atoms with van der Waals surface area (Å²) in [5, 5.41) is 2.79. The lowest BCUT2D eigenvalue weighted by Crippen LogP contribution is -2.40. The van der Waals surface area contributed by atoms with E-state index in [1.807, 2.05) is 0 Å². The number of rotatable bonds is 9. The van der Waals surface area contributed by atoms with Crippen LogP contribution in [0.5, 0.6) is 0 Å². The SMILES string of the molecule is Cc1ccc(SCCCNC(=O)CN(c2ccccc2)S(C)(=O)=O)cc1. The van der Waals surface area contributed by atoms with Crippen LogP contribution < -0.4 is 9.62 Å². The zero-order chi connectivity index (χ0) is 19.0. The molecule has 140 valence electrons. The molecule has 0 spiro atoms. The molecule has 0 aromatic heterocycles. The number of thioether (sulfide) groups is 1. The summed E-state index contributed by atoms with van der Waals surface area (Å²) < 4.78 is 25.0. The van der Waals surface area contributed by atoms with Crippen LogP contribution in [0.2, 0.25) is 0 Å². The fraction of sp³-hybridized carbons (Fsp3) is 0.316. The molecule has 0 aliphatic heterocycles. The number of para-hydroxylation sites is 1. The molecule has 0 heterocycles. The van der Waals surface area contributed by atoms with Gasteiger partial charge >= 0.3 is 0 Å². The van der Waals surface area contributed by atoms with Crippen LogP contribution in [-0.2, 0) is 14.8 Å². The average Bonchev–Trinajstić information content (AvgIpc) is 2.61. The van der Waals surface area contributed by atoms with Crippen molar-refractivity contribution in [3.8, 4) is 0 Å². The summed E-state index contributed by atoms with van der Waals surface area (Å²) in [6.07, 6.45) is 1.92. The van der Waals surface area contributed by atoms with Gasteiger partial charge in [0.05, 0.1) is 11.9 Å². The molecule has 2 rings (SSSR count). The Hall–Kier alpha value is -1.99. The Morgan fingerprint density at radius 3 is 2.35 bits per heavy atom. The summed E-state index contributed by atoms with van der Waals surface area (Å²) in [7, 11) is -3.52. The zero-order valence-electron chi connectivity index (χ0n) is 15.0. The number of amides is 1. The standard InChI is InChI=1S/C19H24N2O3S2/c1-16-9-11-18(12-10-16)25-14-6-13-20-19(22)15-21(26(2,23)24)17-7-4-3-5-8-17/h3-5,7-12H,6,13-15H2,1-2H3,(H,20,22). The van der Waals surface area contributed by atoms with Crippen molar-refractivity contribution in [1.82, 2.24) is 5.32 Å². The van der Waals surface area contributed by atoms with Crippen molar-refractivity contribution < 1.29 is 13.2 Å². The number of sulfonamides is 1. The lowest BCUT2D eigenvalue weighted by atomic mass is 10.2. The number of nitrogens with zero attached hydrogens (tertiary/aromatic N) is 1. The molecule has 5 nitrogen and oxygen atoms in total. The molecule has 7 heteroatoms. The number of benzene rings is 2. The maximum atomic E-state index is 12.1. The van der Waals surface area contributed by atoms with Gasteiger partial charge in [0.2, 0.25) is 15.9 Å². The Kier molecular flexibility index (Phi) is 7.53. The lowest BCUT2D eigenvalue weighted by Gasteiger charge is -2.21. The van der Waals surface area contributed by atoms with E-state index in [9.17, 15) is 13.2 Å². The number of anilines is 1. The molecule has 0 saturated carbocycles. The van der Waals surface area contributed by atoms with E-state index in [1.165, 1.54) is 10.5 Å². The van der Waals surface area contributed by atoms with Gasteiger partial charge in [0.15, 0.2) is 0 Å². The third kappa shape index (κ3) is 6.72. The largest absolute Gasteiger partial charge is 0.354 e. The maximum absolute atomic E-state index is 12.1. The Morgan fingerprint density at radius 2 is 1.73 bits per heavy atom.